The molecular weight excluding hydrogens is 262 g/mol. The Morgan fingerprint density at radius 3 is 2.89 bits per heavy atom. The van der Waals surface area contributed by atoms with Crippen LogP contribution in [0.25, 0.3) is 0 Å². The summed E-state index contributed by atoms with van der Waals surface area (Å²) in [5.41, 5.74) is 0.826. The predicted molar refractivity (Wildman–Crippen MR) is 75.4 cm³/mol. The number of hydrogen-bond donors (Lipinski definition) is 1. The molecule has 0 saturated carbocycles. The SMILES string of the molecule is CCN(C1CCNC1)S(=O)(=O)CCc1ccccn1. The van der Waals surface area contributed by atoms with E-state index in [2.05, 4.69) is 10.3 Å². The fourth-order valence-electron chi connectivity index (χ4n) is 2.46. The summed E-state index contributed by atoms with van der Waals surface area (Å²) in [6.45, 7) is 4.10. The molecule has 1 N–H and O–H groups in total. The number of pyridine rings is 1. The van der Waals surface area contributed by atoms with Crippen molar-refractivity contribution >= 4 is 10.0 Å². The Balaban J connectivity index is 2.00. The van der Waals surface area contributed by atoms with Gasteiger partial charge < -0.3 is 5.32 Å². The van der Waals surface area contributed by atoms with E-state index in [1.807, 2.05) is 25.1 Å². The van der Waals surface area contributed by atoms with Crippen LogP contribution in [0.1, 0.15) is 19.0 Å². The van der Waals surface area contributed by atoms with Gasteiger partial charge in [0.15, 0.2) is 0 Å². The van der Waals surface area contributed by atoms with Crippen molar-refractivity contribution < 1.29 is 8.42 Å². The first-order valence-corrected chi connectivity index (χ1v) is 8.34. The van der Waals surface area contributed by atoms with Gasteiger partial charge in [-0.25, -0.2) is 8.42 Å². The Bertz CT molecular complexity index is 484. The topological polar surface area (TPSA) is 62.3 Å². The highest BCUT2D eigenvalue weighted by Gasteiger charge is 2.30. The van der Waals surface area contributed by atoms with Crippen LogP contribution >= 0.6 is 0 Å². The molecule has 0 aromatic carbocycles. The van der Waals surface area contributed by atoms with Gasteiger partial charge in [0.25, 0.3) is 0 Å². The summed E-state index contributed by atoms with van der Waals surface area (Å²) < 4.78 is 26.4. The Morgan fingerprint density at radius 2 is 2.32 bits per heavy atom. The molecule has 1 aromatic heterocycles. The number of aromatic nitrogens is 1. The van der Waals surface area contributed by atoms with E-state index in [9.17, 15) is 8.42 Å². The molecule has 6 heteroatoms. The van der Waals surface area contributed by atoms with Crippen molar-refractivity contribution in [3.63, 3.8) is 0 Å². The van der Waals surface area contributed by atoms with E-state index in [1.54, 1.807) is 10.5 Å². The highest BCUT2D eigenvalue weighted by atomic mass is 32.2. The van der Waals surface area contributed by atoms with Crippen LogP contribution in [0.15, 0.2) is 24.4 Å². The van der Waals surface area contributed by atoms with Crippen LogP contribution in [0.3, 0.4) is 0 Å². The lowest BCUT2D eigenvalue weighted by molar-refractivity contribution is 0.348. The first-order valence-electron chi connectivity index (χ1n) is 6.73. The molecule has 0 amide bonds. The van der Waals surface area contributed by atoms with Gasteiger partial charge in [-0.05, 0) is 25.1 Å². The van der Waals surface area contributed by atoms with Crippen molar-refractivity contribution in [2.24, 2.45) is 0 Å². The maximum absolute atomic E-state index is 12.4. The molecule has 0 spiro atoms. The normalized spacial score (nSPS) is 20.0. The number of hydrogen-bond acceptors (Lipinski definition) is 4. The first kappa shape index (κ1) is 14.4. The van der Waals surface area contributed by atoms with Crippen LogP contribution in [0.5, 0.6) is 0 Å². The van der Waals surface area contributed by atoms with E-state index in [4.69, 9.17) is 0 Å². The highest BCUT2D eigenvalue weighted by molar-refractivity contribution is 7.89. The van der Waals surface area contributed by atoms with Crippen LogP contribution < -0.4 is 5.32 Å². The number of rotatable bonds is 6. The summed E-state index contributed by atoms with van der Waals surface area (Å²) in [6, 6.07) is 5.69. The van der Waals surface area contributed by atoms with Gasteiger partial charge in [-0.3, -0.25) is 4.98 Å². The smallest absolute Gasteiger partial charge is 0.214 e. The van der Waals surface area contributed by atoms with Gasteiger partial charge in [0, 0.05) is 37.4 Å². The minimum Gasteiger partial charge on any atom is -0.315 e. The molecule has 1 aliphatic rings. The Hall–Kier alpha value is -0.980. The van der Waals surface area contributed by atoms with Gasteiger partial charge in [0.1, 0.15) is 0 Å². The van der Waals surface area contributed by atoms with E-state index in [-0.39, 0.29) is 11.8 Å². The van der Waals surface area contributed by atoms with Gasteiger partial charge >= 0.3 is 0 Å². The molecule has 1 aliphatic heterocycles. The van der Waals surface area contributed by atoms with Gasteiger partial charge in [-0.1, -0.05) is 13.0 Å². The number of sulfonamides is 1. The van der Waals surface area contributed by atoms with Gasteiger partial charge in [-0.15, -0.1) is 0 Å². The van der Waals surface area contributed by atoms with Crippen LogP contribution in [0.4, 0.5) is 0 Å². The molecule has 106 valence electrons. The third-order valence-electron chi connectivity index (χ3n) is 3.45. The van der Waals surface area contributed by atoms with Crippen LogP contribution in [-0.2, 0) is 16.4 Å². The number of aryl methyl sites for hydroxylation is 1. The minimum absolute atomic E-state index is 0.110. The molecule has 0 radical (unpaired) electrons. The van der Waals surface area contributed by atoms with E-state index < -0.39 is 10.0 Å². The summed E-state index contributed by atoms with van der Waals surface area (Å²) in [4.78, 5) is 4.17. The number of nitrogens with zero attached hydrogens (tertiary/aromatic N) is 2. The lowest BCUT2D eigenvalue weighted by atomic mass is 10.3. The summed E-state index contributed by atoms with van der Waals surface area (Å²) in [6.07, 6.45) is 3.07. The molecule has 2 rings (SSSR count). The fraction of sp³-hybridized carbons (Fsp3) is 0.615. The molecule has 1 unspecified atom stereocenters. The van der Waals surface area contributed by atoms with Crippen LogP contribution in [-0.4, -0.2) is 49.1 Å². The fourth-order valence-corrected chi connectivity index (χ4v) is 4.19. The van der Waals surface area contributed by atoms with E-state index in [0.717, 1.165) is 25.2 Å². The lowest BCUT2D eigenvalue weighted by Gasteiger charge is -2.26. The molecule has 2 heterocycles. The van der Waals surface area contributed by atoms with Crippen molar-refractivity contribution in [1.29, 1.82) is 0 Å². The molecular formula is C13H21N3O2S. The zero-order chi connectivity index (χ0) is 13.7. The minimum atomic E-state index is -3.20. The second kappa shape index (κ2) is 6.45. The van der Waals surface area contributed by atoms with Gasteiger partial charge in [0.05, 0.1) is 5.75 Å². The predicted octanol–water partition coefficient (Wildman–Crippen LogP) is 0.638. The summed E-state index contributed by atoms with van der Waals surface area (Å²) in [5.74, 6) is 0.133. The van der Waals surface area contributed by atoms with Crippen LogP contribution in [0, 0.1) is 0 Å². The average molecular weight is 283 g/mol. The quantitative estimate of drug-likeness (QED) is 0.832. The molecule has 1 aromatic rings. The number of nitrogens with one attached hydrogen (secondary N) is 1. The van der Waals surface area contributed by atoms with Gasteiger partial charge in [-0.2, -0.15) is 4.31 Å². The number of likely N-dealkylation sites (N-methyl/N-ethyl adjacent to an activating group) is 1. The van der Waals surface area contributed by atoms with Crippen molar-refractivity contribution in [3.8, 4) is 0 Å². The third-order valence-corrected chi connectivity index (χ3v) is 5.44. The summed E-state index contributed by atoms with van der Waals surface area (Å²) >= 11 is 0. The molecule has 5 nitrogen and oxygen atoms in total. The Kier molecular flexibility index (Phi) is 4.90. The maximum atomic E-state index is 12.4. The summed E-state index contributed by atoms with van der Waals surface area (Å²) in [5, 5.41) is 3.21. The van der Waals surface area contributed by atoms with Gasteiger partial charge in [0.2, 0.25) is 10.0 Å². The van der Waals surface area contributed by atoms with E-state index in [0.29, 0.717) is 13.0 Å². The Morgan fingerprint density at radius 1 is 1.47 bits per heavy atom. The zero-order valence-corrected chi connectivity index (χ0v) is 12.1. The standard InChI is InChI=1S/C13H21N3O2S/c1-2-16(13-6-9-14-11-13)19(17,18)10-7-12-5-3-4-8-15-12/h3-5,8,13-14H,2,6-7,9-11H2,1H3. The largest absolute Gasteiger partial charge is 0.315 e. The second-order valence-electron chi connectivity index (χ2n) is 4.74. The molecule has 19 heavy (non-hydrogen) atoms. The van der Waals surface area contributed by atoms with Crippen LogP contribution in [0.2, 0.25) is 0 Å². The van der Waals surface area contributed by atoms with Crippen molar-refractivity contribution in [3.05, 3.63) is 30.1 Å². The second-order valence-corrected chi connectivity index (χ2v) is 6.78. The van der Waals surface area contributed by atoms with Crippen molar-refractivity contribution in [2.45, 2.75) is 25.8 Å². The molecule has 0 bridgehead atoms. The van der Waals surface area contributed by atoms with Crippen molar-refractivity contribution in [1.82, 2.24) is 14.6 Å². The molecule has 1 saturated heterocycles. The summed E-state index contributed by atoms with van der Waals surface area (Å²) in [7, 11) is -3.20. The third kappa shape index (κ3) is 3.75. The average Bonchev–Trinajstić information content (AvgIpc) is 2.92. The Labute approximate surface area is 115 Å². The molecule has 1 atom stereocenters. The highest BCUT2D eigenvalue weighted by Crippen LogP contribution is 2.14. The maximum Gasteiger partial charge on any atom is 0.214 e. The van der Waals surface area contributed by atoms with Crippen molar-refractivity contribution in [2.75, 3.05) is 25.4 Å². The van der Waals surface area contributed by atoms with E-state index >= 15 is 0 Å². The van der Waals surface area contributed by atoms with E-state index in [1.165, 1.54) is 0 Å². The molecule has 1 fully saturated rings. The zero-order valence-electron chi connectivity index (χ0n) is 11.2. The first-order chi connectivity index (χ1) is 9.13. The lowest BCUT2D eigenvalue weighted by Crippen LogP contribution is -2.42. The monoisotopic (exact) mass is 283 g/mol. The molecule has 0 aliphatic carbocycles.